The van der Waals surface area contributed by atoms with E-state index in [4.69, 9.17) is 5.73 Å². The van der Waals surface area contributed by atoms with Crippen LogP contribution in [0.1, 0.15) is 31.4 Å². The van der Waals surface area contributed by atoms with Crippen LogP contribution in [0.15, 0.2) is 24.3 Å². The number of rotatable bonds is 4. The standard InChI is InChI=1S/C13H20N2/c1-10(15(2)9-11-6-7-11)12-4-3-5-13(14)8-12/h3-5,8,10-11H,6-7,9,14H2,1-2H3. The van der Waals surface area contributed by atoms with Gasteiger partial charge in [0.05, 0.1) is 0 Å². The summed E-state index contributed by atoms with van der Waals surface area (Å²) in [6, 6.07) is 8.68. The van der Waals surface area contributed by atoms with Crippen LogP contribution >= 0.6 is 0 Å². The number of nitrogen functional groups attached to an aromatic ring is 1. The third-order valence-corrected chi connectivity index (χ3v) is 3.30. The molecule has 0 amide bonds. The van der Waals surface area contributed by atoms with Crippen molar-refractivity contribution in [2.24, 2.45) is 5.92 Å². The molecule has 1 aromatic rings. The second kappa shape index (κ2) is 4.23. The summed E-state index contributed by atoms with van der Waals surface area (Å²) in [6.07, 6.45) is 2.82. The van der Waals surface area contributed by atoms with Crippen molar-refractivity contribution in [3.63, 3.8) is 0 Å². The zero-order valence-corrected chi connectivity index (χ0v) is 9.61. The summed E-state index contributed by atoms with van der Waals surface area (Å²) in [6.45, 7) is 3.47. The number of anilines is 1. The van der Waals surface area contributed by atoms with Crippen molar-refractivity contribution >= 4 is 5.69 Å². The van der Waals surface area contributed by atoms with Crippen molar-refractivity contribution in [1.82, 2.24) is 4.90 Å². The number of nitrogens with two attached hydrogens (primary N) is 1. The summed E-state index contributed by atoms with van der Waals surface area (Å²) in [5, 5.41) is 0. The lowest BCUT2D eigenvalue weighted by Crippen LogP contribution is -2.24. The number of benzene rings is 1. The van der Waals surface area contributed by atoms with Crippen molar-refractivity contribution in [2.75, 3.05) is 19.3 Å². The molecule has 0 saturated heterocycles. The van der Waals surface area contributed by atoms with Crippen molar-refractivity contribution in [3.05, 3.63) is 29.8 Å². The Hall–Kier alpha value is -1.02. The summed E-state index contributed by atoms with van der Waals surface area (Å²) in [5.41, 5.74) is 7.97. The van der Waals surface area contributed by atoms with E-state index in [-0.39, 0.29) is 0 Å². The summed E-state index contributed by atoms with van der Waals surface area (Å²) in [4.78, 5) is 2.42. The molecular weight excluding hydrogens is 184 g/mol. The Kier molecular flexibility index (Phi) is 2.96. The molecule has 1 fully saturated rings. The van der Waals surface area contributed by atoms with Crippen molar-refractivity contribution in [3.8, 4) is 0 Å². The molecule has 2 rings (SSSR count). The van der Waals surface area contributed by atoms with Gasteiger partial charge in [0.2, 0.25) is 0 Å². The first-order valence-electron chi connectivity index (χ1n) is 5.72. The summed E-state index contributed by atoms with van der Waals surface area (Å²) >= 11 is 0. The first-order valence-corrected chi connectivity index (χ1v) is 5.72. The predicted octanol–water partition coefficient (Wildman–Crippen LogP) is 2.67. The Bertz CT molecular complexity index is 331. The lowest BCUT2D eigenvalue weighted by Gasteiger charge is -2.25. The molecule has 0 aromatic heterocycles. The third-order valence-electron chi connectivity index (χ3n) is 3.30. The quantitative estimate of drug-likeness (QED) is 0.764. The minimum Gasteiger partial charge on any atom is -0.399 e. The molecule has 1 aliphatic carbocycles. The van der Waals surface area contributed by atoms with Gasteiger partial charge in [-0.15, -0.1) is 0 Å². The molecule has 2 heteroatoms. The fourth-order valence-electron chi connectivity index (χ4n) is 1.94. The van der Waals surface area contributed by atoms with Gasteiger partial charge in [-0.1, -0.05) is 12.1 Å². The monoisotopic (exact) mass is 204 g/mol. The van der Waals surface area contributed by atoms with Gasteiger partial charge in [-0.2, -0.15) is 0 Å². The second-order valence-corrected chi connectivity index (χ2v) is 4.73. The van der Waals surface area contributed by atoms with Gasteiger partial charge in [-0.3, -0.25) is 4.90 Å². The van der Waals surface area contributed by atoms with Crippen LogP contribution in [0.5, 0.6) is 0 Å². The molecule has 2 N–H and O–H groups in total. The Morgan fingerprint density at radius 2 is 2.20 bits per heavy atom. The maximum Gasteiger partial charge on any atom is 0.0317 e. The molecule has 1 aliphatic rings. The molecule has 1 atom stereocenters. The van der Waals surface area contributed by atoms with E-state index in [2.05, 4.69) is 31.0 Å². The molecule has 0 aliphatic heterocycles. The van der Waals surface area contributed by atoms with Gasteiger partial charge < -0.3 is 5.73 Å². The first kappa shape index (κ1) is 10.5. The molecule has 2 nitrogen and oxygen atoms in total. The van der Waals surface area contributed by atoms with Gasteiger partial charge in [-0.25, -0.2) is 0 Å². The Morgan fingerprint density at radius 3 is 2.80 bits per heavy atom. The normalized spacial score (nSPS) is 18.1. The average molecular weight is 204 g/mol. The smallest absolute Gasteiger partial charge is 0.0317 e. The maximum atomic E-state index is 5.79. The zero-order valence-electron chi connectivity index (χ0n) is 9.61. The highest BCUT2D eigenvalue weighted by Crippen LogP contribution is 2.32. The Labute approximate surface area is 92.1 Å². The molecule has 82 valence electrons. The molecule has 0 radical (unpaired) electrons. The highest BCUT2D eigenvalue weighted by molar-refractivity contribution is 5.41. The lowest BCUT2D eigenvalue weighted by atomic mass is 10.1. The Morgan fingerprint density at radius 1 is 1.47 bits per heavy atom. The fourth-order valence-corrected chi connectivity index (χ4v) is 1.94. The van der Waals surface area contributed by atoms with Gasteiger partial charge in [0.1, 0.15) is 0 Å². The van der Waals surface area contributed by atoms with Gasteiger partial charge >= 0.3 is 0 Å². The van der Waals surface area contributed by atoms with Crippen LogP contribution in [0.25, 0.3) is 0 Å². The first-order chi connectivity index (χ1) is 7.16. The third kappa shape index (κ3) is 2.72. The van der Waals surface area contributed by atoms with E-state index in [0.29, 0.717) is 6.04 Å². The van der Waals surface area contributed by atoms with Crippen LogP contribution in [0, 0.1) is 5.92 Å². The van der Waals surface area contributed by atoms with Crippen molar-refractivity contribution in [1.29, 1.82) is 0 Å². The van der Waals surface area contributed by atoms with E-state index in [9.17, 15) is 0 Å². The highest BCUT2D eigenvalue weighted by atomic mass is 15.1. The SMILES string of the molecule is CC(c1cccc(N)c1)N(C)CC1CC1. The van der Waals surface area contributed by atoms with E-state index in [0.717, 1.165) is 11.6 Å². The molecule has 15 heavy (non-hydrogen) atoms. The highest BCUT2D eigenvalue weighted by Gasteiger charge is 2.24. The lowest BCUT2D eigenvalue weighted by molar-refractivity contribution is 0.251. The van der Waals surface area contributed by atoms with Gasteiger partial charge in [-0.05, 0) is 50.4 Å². The van der Waals surface area contributed by atoms with Crippen LogP contribution in [-0.4, -0.2) is 18.5 Å². The van der Waals surface area contributed by atoms with E-state index in [1.807, 2.05) is 12.1 Å². The van der Waals surface area contributed by atoms with Crippen LogP contribution in [0.3, 0.4) is 0 Å². The van der Waals surface area contributed by atoms with E-state index in [1.54, 1.807) is 0 Å². The van der Waals surface area contributed by atoms with Gasteiger partial charge in [0.25, 0.3) is 0 Å². The zero-order chi connectivity index (χ0) is 10.8. The van der Waals surface area contributed by atoms with Crippen LogP contribution in [0.4, 0.5) is 5.69 Å². The second-order valence-electron chi connectivity index (χ2n) is 4.73. The summed E-state index contributed by atoms with van der Waals surface area (Å²) in [5.74, 6) is 0.943. The molecule has 1 aromatic carbocycles. The summed E-state index contributed by atoms with van der Waals surface area (Å²) in [7, 11) is 2.20. The molecule has 1 unspecified atom stereocenters. The van der Waals surface area contributed by atoms with E-state index in [1.165, 1.54) is 24.9 Å². The Balaban J connectivity index is 2.01. The fraction of sp³-hybridized carbons (Fsp3) is 0.538. The van der Waals surface area contributed by atoms with E-state index >= 15 is 0 Å². The number of hydrogen-bond acceptors (Lipinski definition) is 2. The van der Waals surface area contributed by atoms with Crippen molar-refractivity contribution in [2.45, 2.75) is 25.8 Å². The molecular formula is C13H20N2. The van der Waals surface area contributed by atoms with Gasteiger partial charge in [0, 0.05) is 18.3 Å². The average Bonchev–Trinajstić information content (AvgIpc) is 3.00. The largest absolute Gasteiger partial charge is 0.399 e. The van der Waals surface area contributed by atoms with Crippen molar-refractivity contribution < 1.29 is 0 Å². The van der Waals surface area contributed by atoms with E-state index < -0.39 is 0 Å². The molecule has 0 spiro atoms. The van der Waals surface area contributed by atoms with Crippen LogP contribution in [-0.2, 0) is 0 Å². The van der Waals surface area contributed by atoms with Gasteiger partial charge in [0.15, 0.2) is 0 Å². The molecule has 1 saturated carbocycles. The molecule has 0 bridgehead atoms. The summed E-state index contributed by atoms with van der Waals surface area (Å²) < 4.78 is 0. The maximum absolute atomic E-state index is 5.79. The minimum atomic E-state index is 0.467. The van der Waals surface area contributed by atoms with Crippen LogP contribution < -0.4 is 5.73 Å². The predicted molar refractivity (Wildman–Crippen MR) is 64.6 cm³/mol. The number of nitrogens with zero attached hydrogens (tertiary/aromatic N) is 1. The minimum absolute atomic E-state index is 0.467. The van der Waals surface area contributed by atoms with Crippen LogP contribution in [0.2, 0.25) is 0 Å². The molecule has 0 heterocycles. The topological polar surface area (TPSA) is 29.3 Å². The number of hydrogen-bond donors (Lipinski definition) is 1.